The highest BCUT2D eigenvalue weighted by molar-refractivity contribution is 5.41. The van der Waals surface area contributed by atoms with Gasteiger partial charge in [0.1, 0.15) is 12.4 Å². The van der Waals surface area contributed by atoms with Crippen LogP contribution in [0.5, 0.6) is 5.75 Å². The van der Waals surface area contributed by atoms with Crippen molar-refractivity contribution >= 4 is 5.69 Å². The van der Waals surface area contributed by atoms with Crippen molar-refractivity contribution in [2.45, 2.75) is 5.92 Å². The Kier molecular flexibility index (Phi) is 3.88. The number of hydrogen-bond donors (Lipinski definition) is 1. The lowest BCUT2D eigenvalue weighted by molar-refractivity contribution is 0.122. The monoisotopic (exact) mass is 268 g/mol. The highest BCUT2D eigenvalue weighted by Crippen LogP contribution is 2.26. The Bertz CT molecular complexity index is 533. The molecule has 0 atom stereocenters. The quantitative estimate of drug-likeness (QED) is 0.847. The normalized spacial score (nSPS) is 15.8. The number of likely N-dealkylation sites (tertiary alicyclic amines) is 1. The first-order valence-electron chi connectivity index (χ1n) is 7.07. The Morgan fingerprint density at radius 2 is 1.70 bits per heavy atom. The van der Waals surface area contributed by atoms with Gasteiger partial charge < -0.3 is 10.5 Å². The summed E-state index contributed by atoms with van der Waals surface area (Å²) in [6.45, 7) is 3.98. The molecule has 104 valence electrons. The molecule has 2 N–H and O–H groups in total. The van der Waals surface area contributed by atoms with Crippen molar-refractivity contribution in [2.75, 3.05) is 32.0 Å². The second kappa shape index (κ2) is 5.97. The third kappa shape index (κ3) is 3.11. The number of nitrogens with zero attached hydrogens (tertiary/aromatic N) is 1. The minimum Gasteiger partial charge on any atom is -0.492 e. The van der Waals surface area contributed by atoms with Crippen LogP contribution >= 0.6 is 0 Å². The first kappa shape index (κ1) is 13.0. The molecule has 3 heteroatoms. The van der Waals surface area contributed by atoms with Crippen molar-refractivity contribution in [3.05, 3.63) is 60.2 Å². The molecule has 1 saturated heterocycles. The largest absolute Gasteiger partial charge is 0.492 e. The van der Waals surface area contributed by atoms with Crippen molar-refractivity contribution in [2.24, 2.45) is 0 Å². The molecule has 1 aliphatic heterocycles. The third-order valence-electron chi connectivity index (χ3n) is 3.78. The summed E-state index contributed by atoms with van der Waals surface area (Å²) >= 11 is 0. The second-order valence-corrected chi connectivity index (χ2v) is 5.28. The number of rotatable bonds is 5. The third-order valence-corrected chi connectivity index (χ3v) is 3.78. The van der Waals surface area contributed by atoms with Crippen LogP contribution in [0.1, 0.15) is 11.5 Å². The lowest BCUT2D eigenvalue weighted by Gasteiger charge is -2.39. The van der Waals surface area contributed by atoms with Crippen LogP contribution in [-0.4, -0.2) is 31.1 Å². The van der Waals surface area contributed by atoms with Crippen LogP contribution in [0.4, 0.5) is 5.69 Å². The number of benzene rings is 2. The van der Waals surface area contributed by atoms with Gasteiger partial charge in [-0.1, -0.05) is 30.3 Å². The average Bonchev–Trinajstić information content (AvgIpc) is 2.44. The van der Waals surface area contributed by atoms with Gasteiger partial charge in [-0.2, -0.15) is 0 Å². The first-order valence-corrected chi connectivity index (χ1v) is 7.07. The Morgan fingerprint density at radius 3 is 2.40 bits per heavy atom. The van der Waals surface area contributed by atoms with Gasteiger partial charge in [0.15, 0.2) is 0 Å². The van der Waals surface area contributed by atoms with Gasteiger partial charge >= 0.3 is 0 Å². The zero-order chi connectivity index (χ0) is 13.8. The van der Waals surface area contributed by atoms with Gasteiger partial charge in [-0.15, -0.1) is 0 Å². The predicted molar refractivity (Wildman–Crippen MR) is 82.0 cm³/mol. The average molecular weight is 268 g/mol. The van der Waals surface area contributed by atoms with Gasteiger partial charge in [-0.25, -0.2) is 0 Å². The lowest BCUT2D eigenvalue weighted by atomic mass is 9.92. The fourth-order valence-corrected chi connectivity index (χ4v) is 2.55. The highest BCUT2D eigenvalue weighted by atomic mass is 16.5. The Hall–Kier alpha value is -2.00. The highest BCUT2D eigenvalue weighted by Gasteiger charge is 2.27. The molecule has 3 nitrogen and oxygen atoms in total. The Balaban J connectivity index is 1.38. The van der Waals surface area contributed by atoms with Crippen LogP contribution in [-0.2, 0) is 0 Å². The van der Waals surface area contributed by atoms with Crippen LogP contribution < -0.4 is 10.5 Å². The maximum Gasteiger partial charge on any atom is 0.119 e. The number of hydrogen-bond acceptors (Lipinski definition) is 3. The fourth-order valence-electron chi connectivity index (χ4n) is 2.55. The molecular weight excluding hydrogens is 248 g/mol. The maximum absolute atomic E-state index is 5.71. The van der Waals surface area contributed by atoms with Crippen molar-refractivity contribution in [3.8, 4) is 5.75 Å². The number of ether oxygens (including phenoxy) is 1. The smallest absolute Gasteiger partial charge is 0.119 e. The summed E-state index contributed by atoms with van der Waals surface area (Å²) < 4.78 is 5.71. The fraction of sp³-hybridized carbons (Fsp3) is 0.294. The van der Waals surface area contributed by atoms with E-state index >= 15 is 0 Å². The molecule has 2 aromatic rings. The van der Waals surface area contributed by atoms with Gasteiger partial charge in [-0.05, 0) is 29.8 Å². The predicted octanol–water partition coefficient (Wildman–Crippen LogP) is 2.75. The van der Waals surface area contributed by atoms with Gasteiger partial charge in [0.25, 0.3) is 0 Å². The molecule has 0 bridgehead atoms. The summed E-state index contributed by atoms with van der Waals surface area (Å²) in [5, 5.41) is 0. The van der Waals surface area contributed by atoms with Crippen LogP contribution in [0.2, 0.25) is 0 Å². The Labute approximate surface area is 120 Å². The van der Waals surface area contributed by atoms with Crippen molar-refractivity contribution in [1.29, 1.82) is 0 Å². The minimum atomic E-state index is 0.688. The summed E-state index contributed by atoms with van der Waals surface area (Å²) in [5.74, 6) is 1.58. The topological polar surface area (TPSA) is 38.5 Å². The molecule has 0 amide bonds. The second-order valence-electron chi connectivity index (χ2n) is 5.28. The number of anilines is 1. The maximum atomic E-state index is 5.71. The van der Waals surface area contributed by atoms with E-state index in [1.165, 1.54) is 5.56 Å². The molecule has 1 aliphatic rings. The molecule has 0 radical (unpaired) electrons. The lowest BCUT2D eigenvalue weighted by Crippen LogP contribution is -2.46. The van der Waals surface area contributed by atoms with E-state index in [9.17, 15) is 0 Å². The minimum absolute atomic E-state index is 0.688. The molecule has 1 heterocycles. The van der Waals surface area contributed by atoms with Crippen LogP contribution in [0.15, 0.2) is 54.6 Å². The molecule has 0 aromatic heterocycles. The molecule has 0 unspecified atom stereocenters. The molecule has 0 aliphatic carbocycles. The van der Waals surface area contributed by atoms with E-state index < -0.39 is 0 Å². The van der Waals surface area contributed by atoms with Crippen molar-refractivity contribution in [3.63, 3.8) is 0 Å². The van der Waals surface area contributed by atoms with E-state index in [0.717, 1.165) is 37.7 Å². The summed E-state index contributed by atoms with van der Waals surface area (Å²) in [6, 6.07) is 18.3. The molecule has 2 aromatic carbocycles. The molecule has 0 saturated carbocycles. The van der Waals surface area contributed by atoms with E-state index in [4.69, 9.17) is 10.5 Å². The van der Waals surface area contributed by atoms with Gasteiger partial charge in [0.2, 0.25) is 0 Å². The molecule has 1 fully saturated rings. The summed E-state index contributed by atoms with van der Waals surface area (Å²) in [7, 11) is 0. The molecule has 3 rings (SSSR count). The van der Waals surface area contributed by atoms with Gasteiger partial charge in [0, 0.05) is 31.2 Å². The van der Waals surface area contributed by atoms with E-state index in [2.05, 4.69) is 35.2 Å². The van der Waals surface area contributed by atoms with Gasteiger partial charge in [-0.3, -0.25) is 4.90 Å². The zero-order valence-electron chi connectivity index (χ0n) is 11.5. The van der Waals surface area contributed by atoms with E-state index in [0.29, 0.717) is 5.92 Å². The molecule has 0 spiro atoms. The summed E-state index contributed by atoms with van der Waals surface area (Å²) in [6.07, 6.45) is 0. The van der Waals surface area contributed by atoms with Crippen molar-refractivity contribution < 1.29 is 4.74 Å². The summed E-state index contributed by atoms with van der Waals surface area (Å²) in [4.78, 5) is 2.43. The SMILES string of the molecule is Nc1ccc(OCCN2CC(c3ccccc3)C2)cc1. The van der Waals surface area contributed by atoms with Crippen molar-refractivity contribution in [1.82, 2.24) is 4.90 Å². The molecular formula is C17H20N2O. The standard InChI is InChI=1S/C17H20N2O/c18-16-6-8-17(9-7-16)20-11-10-19-12-15(13-19)14-4-2-1-3-5-14/h1-9,15H,10-13,18H2. The summed E-state index contributed by atoms with van der Waals surface area (Å²) in [5.41, 5.74) is 7.86. The van der Waals surface area contributed by atoms with Crippen LogP contribution in [0.3, 0.4) is 0 Å². The molecule has 20 heavy (non-hydrogen) atoms. The zero-order valence-corrected chi connectivity index (χ0v) is 11.5. The van der Waals surface area contributed by atoms with E-state index in [1.54, 1.807) is 0 Å². The number of nitrogens with two attached hydrogens (primary N) is 1. The van der Waals surface area contributed by atoms with E-state index in [1.807, 2.05) is 24.3 Å². The van der Waals surface area contributed by atoms with Gasteiger partial charge in [0.05, 0.1) is 0 Å². The number of nitrogen functional groups attached to an aromatic ring is 1. The Morgan fingerprint density at radius 1 is 1.00 bits per heavy atom. The first-order chi connectivity index (χ1) is 9.81. The van der Waals surface area contributed by atoms with E-state index in [-0.39, 0.29) is 0 Å². The van der Waals surface area contributed by atoms with Crippen LogP contribution in [0.25, 0.3) is 0 Å². The van der Waals surface area contributed by atoms with Crippen LogP contribution in [0, 0.1) is 0 Å².